The Labute approximate surface area is 109 Å². The van der Waals surface area contributed by atoms with E-state index < -0.39 is 0 Å². The van der Waals surface area contributed by atoms with Crippen molar-refractivity contribution in [2.24, 2.45) is 0 Å². The van der Waals surface area contributed by atoms with Crippen molar-refractivity contribution >= 4 is 17.4 Å². The van der Waals surface area contributed by atoms with Gasteiger partial charge in [0.25, 0.3) is 0 Å². The van der Waals surface area contributed by atoms with E-state index >= 15 is 0 Å². The zero-order chi connectivity index (χ0) is 13.4. The molecule has 0 fully saturated rings. The van der Waals surface area contributed by atoms with Crippen LogP contribution >= 0.6 is 0 Å². The zero-order valence-electron chi connectivity index (χ0n) is 10.2. The molecule has 2 heterocycles. The second-order valence-electron chi connectivity index (χ2n) is 4.61. The van der Waals surface area contributed by atoms with Crippen LogP contribution in [-0.2, 0) is 11.2 Å². The number of rotatable bonds is 1. The van der Waals surface area contributed by atoms with Crippen LogP contribution < -0.4 is 16.6 Å². The number of aryl methyl sites for hydroxylation is 1. The van der Waals surface area contributed by atoms with E-state index in [1.807, 2.05) is 18.2 Å². The van der Waals surface area contributed by atoms with Crippen molar-refractivity contribution in [3.63, 3.8) is 0 Å². The molecule has 5 heteroatoms. The molecule has 0 saturated heterocycles. The summed E-state index contributed by atoms with van der Waals surface area (Å²) in [5.41, 5.74) is 9.05. The minimum absolute atomic E-state index is 0.0423. The fourth-order valence-electron chi connectivity index (χ4n) is 2.29. The average molecular weight is 255 g/mol. The fraction of sp³-hybridized carbons (Fsp3) is 0.143. The number of nitrogens with two attached hydrogens (primary N) is 1. The predicted octanol–water partition coefficient (Wildman–Crippen LogP) is 1.51. The van der Waals surface area contributed by atoms with E-state index in [4.69, 9.17) is 5.73 Å². The maximum absolute atomic E-state index is 11.4. The molecule has 1 amide bonds. The number of carbonyl (C=O) groups is 1. The average Bonchev–Trinajstić information content (AvgIpc) is 2.37. The van der Waals surface area contributed by atoms with E-state index in [0.717, 1.165) is 22.4 Å². The third kappa shape index (κ3) is 2.22. The Balaban J connectivity index is 2.07. The van der Waals surface area contributed by atoms with Crippen LogP contribution in [0.2, 0.25) is 0 Å². The molecular formula is C14H13N3O2. The highest BCUT2D eigenvalue weighted by molar-refractivity contribution is 5.94. The number of fused-ring (bicyclic) bond motifs is 1. The van der Waals surface area contributed by atoms with Gasteiger partial charge in [-0.3, -0.25) is 9.59 Å². The molecule has 1 aliphatic heterocycles. The zero-order valence-corrected chi connectivity index (χ0v) is 10.2. The number of anilines is 2. The maximum Gasteiger partial charge on any atom is 0.250 e. The second-order valence-corrected chi connectivity index (χ2v) is 4.61. The van der Waals surface area contributed by atoms with Crippen molar-refractivity contribution in [1.82, 2.24) is 4.98 Å². The van der Waals surface area contributed by atoms with Gasteiger partial charge in [-0.1, -0.05) is 6.07 Å². The van der Waals surface area contributed by atoms with Gasteiger partial charge in [0.15, 0.2) is 0 Å². The minimum Gasteiger partial charge on any atom is -0.385 e. The van der Waals surface area contributed by atoms with Crippen LogP contribution in [0.25, 0.3) is 11.1 Å². The van der Waals surface area contributed by atoms with Crippen LogP contribution in [0, 0.1) is 0 Å². The van der Waals surface area contributed by atoms with Gasteiger partial charge in [-0.25, -0.2) is 0 Å². The largest absolute Gasteiger partial charge is 0.385 e. The quantitative estimate of drug-likeness (QED) is 0.721. The summed E-state index contributed by atoms with van der Waals surface area (Å²) in [4.78, 5) is 25.2. The minimum atomic E-state index is -0.221. The number of carbonyl (C=O) groups excluding carboxylic acids is 1. The van der Waals surface area contributed by atoms with Gasteiger partial charge in [0.1, 0.15) is 5.82 Å². The first-order valence-electron chi connectivity index (χ1n) is 6.05. The van der Waals surface area contributed by atoms with Crippen LogP contribution in [-0.4, -0.2) is 10.9 Å². The van der Waals surface area contributed by atoms with Crippen molar-refractivity contribution in [2.45, 2.75) is 12.8 Å². The number of H-pyrrole nitrogens is 1. The molecule has 0 atom stereocenters. The number of benzene rings is 1. The van der Waals surface area contributed by atoms with Crippen LogP contribution in [0.5, 0.6) is 0 Å². The van der Waals surface area contributed by atoms with Gasteiger partial charge in [-0.15, -0.1) is 0 Å². The van der Waals surface area contributed by atoms with Gasteiger partial charge >= 0.3 is 0 Å². The molecule has 0 saturated carbocycles. The number of nitrogens with one attached hydrogen (secondary N) is 2. The van der Waals surface area contributed by atoms with E-state index in [1.54, 1.807) is 6.07 Å². The third-order valence-corrected chi connectivity index (χ3v) is 3.20. The topological polar surface area (TPSA) is 88.0 Å². The normalized spacial score (nSPS) is 13.8. The summed E-state index contributed by atoms with van der Waals surface area (Å²) in [5.74, 6) is 0.383. The fourth-order valence-corrected chi connectivity index (χ4v) is 2.29. The smallest absolute Gasteiger partial charge is 0.250 e. The standard InChI is InChI=1S/C14H13N3O2/c15-12-6-10(7-14(19)17-12)8-1-3-11-9(5-8)2-4-13(18)16-11/h1,3,5-7H,2,4H2,(H,16,18)(H3,15,17,19). The van der Waals surface area contributed by atoms with Gasteiger partial charge in [-0.05, 0) is 41.3 Å². The molecule has 2 aromatic rings. The summed E-state index contributed by atoms with van der Waals surface area (Å²) in [5, 5.41) is 2.83. The van der Waals surface area contributed by atoms with Gasteiger partial charge in [0.2, 0.25) is 11.5 Å². The van der Waals surface area contributed by atoms with Crippen molar-refractivity contribution in [3.8, 4) is 11.1 Å². The third-order valence-electron chi connectivity index (χ3n) is 3.20. The van der Waals surface area contributed by atoms with E-state index in [9.17, 15) is 9.59 Å². The first-order chi connectivity index (χ1) is 9.11. The summed E-state index contributed by atoms with van der Waals surface area (Å²) in [6.07, 6.45) is 1.21. The summed E-state index contributed by atoms with van der Waals surface area (Å²) < 4.78 is 0. The lowest BCUT2D eigenvalue weighted by atomic mass is 9.97. The summed E-state index contributed by atoms with van der Waals surface area (Å²) >= 11 is 0. The van der Waals surface area contributed by atoms with Crippen molar-refractivity contribution in [1.29, 1.82) is 0 Å². The summed E-state index contributed by atoms with van der Waals surface area (Å²) in [7, 11) is 0. The lowest BCUT2D eigenvalue weighted by Crippen LogP contribution is -2.18. The Morgan fingerprint density at radius 1 is 1.00 bits per heavy atom. The van der Waals surface area contributed by atoms with Crippen molar-refractivity contribution in [3.05, 3.63) is 46.2 Å². The second kappa shape index (κ2) is 4.28. The molecule has 0 unspecified atom stereocenters. The molecule has 1 aromatic heterocycles. The molecule has 0 radical (unpaired) electrons. The molecule has 3 rings (SSSR count). The molecule has 19 heavy (non-hydrogen) atoms. The van der Waals surface area contributed by atoms with Crippen LogP contribution in [0.3, 0.4) is 0 Å². The Hall–Kier alpha value is -2.56. The number of amides is 1. The van der Waals surface area contributed by atoms with E-state index in [-0.39, 0.29) is 11.5 Å². The molecule has 5 nitrogen and oxygen atoms in total. The summed E-state index contributed by atoms with van der Waals surface area (Å²) in [6, 6.07) is 8.96. The van der Waals surface area contributed by atoms with E-state index in [2.05, 4.69) is 10.3 Å². The highest BCUT2D eigenvalue weighted by Crippen LogP contribution is 2.28. The van der Waals surface area contributed by atoms with Crippen LogP contribution in [0.1, 0.15) is 12.0 Å². The van der Waals surface area contributed by atoms with E-state index in [1.165, 1.54) is 6.07 Å². The number of aromatic amines is 1. The highest BCUT2D eigenvalue weighted by Gasteiger charge is 2.15. The number of aromatic nitrogens is 1. The molecule has 0 spiro atoms. The maximum atomic E-state index is 11.4. The van der Waals surface area contributed by atoms with Crippen molar-refractivity contribution < 1.29 is 4.79 Å². The Kier molecular flexibility index (Phi) is 2.59. The molecular weight excluding hydrogens is 242 g/mol. The lowest BCUT2D eigenvalue weighted by molar-refractivity contribution is -0.116. The molecule has 4 N–H and O–H groups in total. The van der Waals surface area contributed by atoms with E-state index in [0.29, 0.717) is 18.7 Å². The number of pyridine rings is 1. The van der Waals surface area contributed by atoms with Gasteiger partial charge < -0.3 is 16.0 Å². The molecule has 1 aromatic carbocycles. The van der Waals surface area contributed by atoms with Gasteiger partial charge in [0, 0.05) is 18.2 Å². The lowest BCUT2D eigenvalue weighted by Gasteiger charge is -2.17. The molecule has 96 valence electrons. The SMILES string of the molecule is Nc1cc(-c2ccc3c(c2)CCC(=O)N3)cc(=O)[nH]1. The number of hydrogen-bond donors (Lipinski definition) is 3. The number of hydrogen-bond acceptors (Lipinski definition) is 3. The summed E-state index contributed by atoms with van der Waals surface area (Å²) in [6.45, 7) is 0. The first-order valence-corrected chi connectivity index (χ1v) is 6.05. The van der Waals surface area contributed by atoms with Crippen molar-refractivity contribution in [2.75, 3.05) is 11.1 Å². The first kappa shape index (κ1) is 11.5. The molecule has 0 bridgehead atoms. The Morgan fingerprint density at radius 2 is 1.84 bits per heavy atom. The van der Waals surface area contributed by atoms with Gasteiger partial charge in [-0.2, -0.15) is 0 Å². The molecule has 0 aliphatic carbocycles. The predicted molar refractivity (Wildman–Crippen MR) is 73.9 cm³/mol. The van der Waals surface area contributed by atoms with Crippen LogP contribution in [0.4, 0.5) is 11.5 Å². The van der Waals surface area contributed by atoms with Crippen LogP contribution in [0.15, 0.2) is 35.1 Å². The Bertz CT molecular complexity index is 719. The number of nitrogen functional groups attached to an aromatic ring is 1. The highest BCUT2D eigenvalue weighted by atomic mass is 16.1. The molecule has 1 aliphatic rings. The Morgan fingerprint density at radius 3 is 2.63 bits per heavy atom. The van der Waals surface area contributed by atoms with Gasteiger partial charge in [0.05, 0.1) is 0 Å². The monoisotopic (exact) mass is 255 g/mol.